The molecule has 0 amide bonds. The predicted octanol–water partition coefficient (Wildman–Crippen LogP) is 2.51. The van der Waals surface area contributed by atoms with Gasteiger partial charge in [-0.15, -0.1) is 0 Å². The molecule has 2 nitrogen and oxygen atoms in total. The molecule has 0 heterocycles. The zero-order valence-electron chi connectivity index (χ0n) is 8.08. The van der Waals surface area contributed by atoms with Gasteiger partial charge in [-0.3, -0.25) is 0 Å². The largest absolute Gasteiger partial charge is 0.496 e. The molecule has 70 valence electrons. The summed E-state index contributed by atoms with van der Waals surface area (Å²) in [6.07, 6.45) is 0.757. The van der Waals surface area contributed by atoms with E-state index < -0.39 is 0 Å². The Kier molecular flexibility index (Phi) is 2.24. The van der Waals surface area contributed by atoms with E-state index in [1.165, 1.54) is 5.56 Å². The zero-order valence-corrected chi connectivity index (χ0v) is 8.08. The minimum atomic E-state index is 0.620. The molecule has 0 spiro atoms. The lowest BCUT2D eigenvalue weighted by atomic mass is 10.1. The average Bonchev–Trinajstić information content (AvgIpc) is 2.55. The summed E-state index contributed by atoms with van der Waals surface area (Å²) in [5.74, 6) is 0.816. The molecule has 1 aliphatic rings. The van der Waals surface area contributed by atoms with Crippen LogP contribution in [0.15, 0.2) is 30.0 Å². The van der Waals surface area contributed by atoms with Crippen molar-refractivity contribution in [3.05, 3.63) is 41.2 Å². The lowest BCUT2D eigenvalue weighted by molar-refractivity contribution is 0.227. The predicted molar refractivity (Wildman–Crippen MR) is 54.3 cm³/mol. The number of hydrogen-bond donors (Lipinski definition) is 0. The summed E-state index contributed by atoms with van der Waals surface area (Å²) in [5.41, 5.74) is 2.91. The number of hydrogen-bond acceptors (Lipinski definition) is 2. The van der Waals surface area contributed by atoms with Crippen LogP contribution in [-0.4, -0.2) is 6.61 Å². The van der Waals surface area contributed by atoms with Crippen LogP contribution < -0.4 is 0 Å². The second-order valence-electron chi connectivity index (χ2n) is 3.18. The van der Waals surface area contributed by atoms with Gasteiger partial charge in [0.05, 0.1) is 12.2 Å². The Morgan fingerprint density at radius 1 is 1.43 bits per heavy atom. The molecule has 0 saturated heterocycles. The van der Waals surface area contributed by atoms with Crippen LogP contribution in [0.5, 0.6) is 0 Å². The van der Waals surface area contributed by atoms with Crippen molar-refractivity contribution in [2.24, 2.45) is 0 Å². The maximum atomic E-state index is 9.02. The van der Waals surface area contributed by atoms with Crippen LogP contribution in [0.2, 0.25) is 0 Å². The van der Waals surface area contributed by atoms with Crippen LogP contribution in [-0.2, 0) is 11.2 Å². The van der Waals surface area contributed by atoms with Crippen LogP contribution in [0.1, 0.15) is 18.1 Å². The van der Waals surface area contributed by atoms with Gasteiger partial charge in [0.25, 0.3) is 0 Å². The molecular formula is C12H11NO. The summed E-state index contributed by atoms with van der Waals surface area (Å²) in [6.45, 7) is 2.56. The minimum Gasteiger partial charge on any atom is -0.496 e. The summed E-state index contributed by atoms with van der Waals surface area (Å²) in [4.78, 5) is 0. The molecular weight excluding hydrogens is 174 g/mol. The first kappa shape index (κ1) is 8.83. The first-order valence-electron chi connectivity index (χ1n) is 4.71. The quantitative estimate of drug-likeness (QED) is 0.709. The van der Waals surface area contributed by atoms with E-state index in [9.17, 15) is 0 Å². The van der Waals surface area contributed by atoms with Crippen molar-refractivity contribution in [3.8, 4) is 6.07 Å². The highest BCUT2D eigenvalue weighted by molar-refractivity contribution is 5.83. The number of benzene rings is 1. The van der Waals surface area contributed by atoms with E-state index in [-0.39, 0.29) is 0 Å². The van der Waals surface area contributed by atoms with Gasteiger partial charge in [0, 0.05) is 6.42 Å². The van der Waals surface area contributed by atoms with E-state index in [2.05, 4.69) is 6.07 Å². The number of nitriles is 1. The van der Waals surface area contributed by atoms with Gasteiger partial charge in [0.15, 0.2) is 0 Å². The van der Waals surface area contributed by atoms with E-state index in [1.807, 2.05) is 31.2 Å². The van der Waals surface area contributed by atoms with Gasteiger partial charge in [-0.25, -0.2) is 0 Å². The van der Waals surface area contributed by atoms with Gasteiger partial charge in [-0.1, -0.05) is 24.3 Å². The van der Waals surface area contributed by atoms with Crippen molar-refractivity contribution in [1.29, 1.82) is 5.26 Å². The smallest absolute Gasteiger partial charge is 0.119 e. The van der Waals surface area contributed by atoms with Gasteiger partial charge < -0.3 is 4.74 Å². The number of ether oxygens (including phenoxy) is 1. The van der Waals surface area contributed by atoms with Crippen LogP contribution >= 0.6 is 0 Å². The molecule has 0 bridgehead atoms. The minimum absolute atomic E-state index is 0.620. The highest BCUT2D eigenvalue weighted by Gasteiger charge is 2.21. The highest BCUT2D eigenvalue weighted by atomic mass is 16.5. The standard InChI is InChI=1S/C12H11NO/c1-2-14-12-7-9-5-3-4-6-10(9)11(12)8-13/h3-6H,2,7H2,1H3. The van der Waals surface area contributed by atoms with E-state index in [4.69, 9.17) is 10.00 Å². The van der Waals surface area contributed by atoms with Crippen molar-refractivity contribution in [1.82, 2.24) is 0 Å². The lowest BCUT2D eigenvalue weighted by Crippen LogP contribution is -1.92. The molecule has 1 aromatic carbocycles. The lowest BCUT2D eigenvalue weighted by Gasteiger charge is -2.02. The van der Waals surface area contributed by atoms with Crippen molar-refractivity contribution < 1.29 is 4.74 Å². The zero-order chi connectivity index (χ0) is 9.97. The summed E-state index contributed by atoms with van der Waals surface area (Å²) >= 11 is 0. The normalized spacial score (nSPS) is 13.7. The molecule has 0 aromatic heterocycles. The van der Waals surface area contributed by atoms with Crippen molar-refractivity contribution in [2.45, 2.75) is 13.3 Å². The molecule has 2 rings (SSSR count). The molecule has 0 radical (unpaired) electrons. The first-order valence-corrected chi connectivity index (χ1v) is 4.71. The fourth-order valence-electron chi connectivity index (χ4n) is 1.75. The van der Waals surface area contributed by atoms with Crippen molar-refractivity contribution in [2.75, 3.05) is 6.61 Å². The fourth-order valence-corrected chi connectivity index (χ4v) is 1.75. The maximum absolute atomic E-state index is 9.02. The highest BCUT2D eigenvalue weighted by Crippen LogP contribution is 2.32. The number of fused-ring (bicyclic) bond motifs is 1. The van der Waals surface area contributed by atoms with Crippen LogP contribution in [0.3, 0.4) is 0 Å². The van der Waals surface area contributed by atoms with Gasteiger partial charge in [0.1, 0.15) is 11.8 Å². The summed E-state index contributed by atoms with van der Waals surface area (Å²) in [7, 11) is 0. The topological polar surface area (TPSA) is 33.0 Å². The first-order chi connectivity index (χ1) is 6.86. The Balaban J connectivity index is 2.45. The molecule has 1 aromatic rings. The maximum Gasteiger partial charge on any atom is 0.119 e. The van der Waals surface area contributed by atoms with E-state index in [0.29, 0.717) is 12.2 Å². The Morgan fingerprint density at radius 3 is 2.93 bits per heavy atom. The molecule has 0 atom stereocenters. The van der Waals surface area contributed by atoms with Gasteiger partial charge >= 0.3 is 0 Å². The molecule has 0 fully saturated rings. The monoisotopic (exact) mass is 185 g/mol. The molecule has 0 aliphatic heterocycles. The number of nitrogens with zero attached hydrogens (tertiary/aromatic N) is 1. The second-order valence-corrected chi connectivity index (χ2v) is 3.18. The van der Waals surface area contributed by atoms with E-state index >= 15 is 0 Å². The summed E-state index contributed by atoms with van der Waals surface area (Å²) in [5, 5.41) is 9.02. The Labute approximate surface area is 83.4 Å². The summed E-state index contributed by atoms with van der Waals surface area (Å²) < 4.78 is 5.45. The average molecular weight is 185 g/mol. The van der Waals surface area contributed by atoms with Crippen LogP contribution in [0, 0.1) is 11.3 Å². The van der Waals surface area contributed by atoms with Gasteiger partial charge in [-0.2, -0.15) is 5.26 Å². The van der Waals surface area contributed by atoms with E-state index in [1.54, 1.807) is 0 Å². The molecule has 0 N–H and O–H groups in total. The van der Waals surface area contributed by atoms with E-state index in [0.717, 1.165) is 17.7 Å². The third-order valence-electron chi connectivity index (χ3n) is 2.35. The second kappa shape index (κ2) is 3.55. The molecule has 2 heteroatoms. The Bertz CT molecular complexity index is 426. The number of allylic oxidation sites excluding steroid dienone is 2. The Hall–Kier alpha value is -1.75. The van der Waals surface area contributed by atoms with Crippen molar-refractivity contribution >= 4 is 5.57 Å². The van der Waals surface area contributed by atoms with Crippen molar-refractivity contribution in [3.63, 3.8) is 0 Å². The van der Waals surface area contributed by atoms with Crippen LogP contribution in [0.25, 0.3) is 5.57 Å². The molecule has 1 aliphatic carbocycles. The third-order valence-corrected chi connectivity index (χ3v) is 2.35. The third kappa shape index (κ3) is 1.27. The van der Waals surface area contributed by atoms with Gasteiger partial charge in [-0.05, 0) is 18.1 Å². The number of rotatable bonds is 2. The molecule has 0 unspecified atom stereocenters. The molecule has 14 heavy (non-hydrogen) atoms. The Morgan fingerprint density at radius 2 is 2.21 bits per heavy atom. The fraction of sp³-hybridized carbons (Fsp3) is 0.250. The summed E-state index contributed by atoms with van der Waals surface area (Å²) in [6, 6.07) is 10.2. The SMILES string of the molecule is CCOC1=C(C#N)c2ccccc2C1. The van der Waals surface area contributed by atoms with Gasteiger partial charge in [0.2, 0.25) is 0 Å². The van der Waals surface area contributed by atoms with Crippen LogP contribution in [0.4, 0.5) is 0 Å². The molecule has 0 saturated carbocycles.